The Balaban J connectivity index is 1.53. The quantitative estimate of drug-likeness (QED) is 0.562. The number of carbonyl (C=O) groups is 4. The fourth-order valence-corrected chi connectivity index (χ4v) is 4.10. The van der Waals surface area contributed by atoms with E-state index in [0.29, 0.717) is 12.1 Å². The number of hydrogen-bond acceptors (Lipinski definition) is 5. The van der Waals surface area contributed by atoms with Crippen molar-refractivity contribution in [2.75, 3.05) is 18.5 Å². The number of nitrogens with one attached hydrogen (secondary N) is 2. The van der Waals surface area contributed by atoms with Crippen molar-refractivity contribution in [2.24, 2.45) is 5.92 Å². The Morgan fingerprint density at radius 2 is 2.03 bits per heavy atom. The third kappa shape index (κ3) is 4.26. The Kier molecular flexibility index (Phi) is 6.20. The number of anilines is 1. The molecule has 2 atom stereocenters. The molecule has 3 rings (SSSR count). The Hall–Kier alpha value is -2.90. The minimum absolute atomic E-state index is 0.0122. The second-order valence-electron chi connectivity index (χ2n) is 7.66. The van der Waals surface area contributed by atoms with Crippen LogP contribution in [0, 0.1) is 5.92 Å². The fourth-order valence-electron chi connectivity index (χ4n) is 4.10. The molecule has 0 bridgehead atoms. The zero-order valence-electron chi connectivity index (χ0n) is 16.8. The smallest absolute Gasteiger partial charge is 0.326 e. The minimum Gasteiger partial charge on any atom is -0.454 e. The minimum atomic E-state index is -0.920. The monoisotopic (exact) mass is 401 g/mol. The molecule has 0 aromatic heterocycles. The van der Waals surface area contributed by atoms with Crippen LogP contribution in [0.4, 0.5) is 10.5 Å². The van der Waals surface area contributed by atoms with Gasteiger partial charge >= 0.3 is 12.0 Å². The first-order valence-corrected chi connectivity index (χ1v) is 10.0. The van der Waals surface area contributed by atoms with Crippen molar-refractivity contribution < 1.29 is 23.9 Å². The summed E-state index contributed by atoms with van der Waals surface area (Å²) in [4.78, 5) is 50.3. The summed E-state index contributed by atoms with van der Waals surface area (Å²) in [6.45, 7) is 2.93. The molecule has 8 nitrogen and oxygen atoms in total. The van der Waals surface area contributed by atoms with Crippen LogP contribution in [-0.2, 0) is 25.5 Å². The van der Waals surface area contributed by atoms with E-state index in [9.17, 15) is 19.2 Å². The van der Waals surface area contributed by atoms with Gasteiger partial charge in [0.15, 0.2) is 6.61 Å². The number of nitrogens with zero attached hydrogens (tertiary/aromatic N) is 1. The van der Waals surface area contributed by atoms with Gasteiger partial charge in [-0.2, -0.15) is 0 Å². The highest BCUT2D eigenvalue weighted by Crippen LogP contribution is 2.38. The van der Waals surface area contributed by atoms with Gasteiger partial charge in [0, 0.05) is 5.69 Å². The molecule has 1 heterocycles. The van der Waals surface area contributed by atoms with E-state index in [1.165, 1.54) is 0 Å². The van der Waals surface area contributed by atoms with Crippen molar-refractivity contribution in [3.8, 4) is 0 Å². The summed E-state index contributed by atoms with van der Waals surface area (Å²) in [6, 6.07) is 6.78. The highest BCUT2D eigenvalue weighted by Gasteiger charge is 2.55. The summed E-state index contributed by atoms with van der Waals surface area (Å²) in [5.41, 5.74) is 0.716. The first kappa shape index (κ1) is 20.8. The first-order valence-electron chi connectivity index (χ1n) is 10.0. The van der Waals surface area contributed by atoms with E-state index < -0.39 is 36.6 Å². The summed E-state index contributed by atoms with van der Waals surface area (Å²) >= 11 is 0. The van der Waals surface area contributed by atoms with Crippen molar-refractivity contribution in [2.45, 2.75) is 51.5 Å². The SMILES string of the molecule is CCc1ccccc1NC(=O)COC(=O)CN1C(=O)N[C@@]2(CCCC[C@H]2C)C1=O. The summed E-state index contributed by atoms with van der Waals surface area (Å²) in [6.07, 6.45) is 4.05. The molecule has 156 valence electrons. The van der Waals surface area contributed by atoms with Crippen molar-refractivity contribution >= 4 is 29.5 Å². The first-order chi connectivity index (χ1) is 13.9. The molecule has 2 N–H and O–H groups in total. The predicted molar refractivity (Wildman–Crippen MR) is 106 cm³/mol. The number of amides is 4. The molecule has 29 heavy (non-hydrogen) atoms. The van der Waals surface area contributed by atoms with Crippen molar-refractivity contribution in [3.05, 3.63) is 29.8 Å². The van der Waals surface area contributed by atoms with E-state index in [4.69, 9.17) is 4.74 Å². The standard InChI is InChI=1S/C21H27N3O5/c1-3-15-9-4-5-10-16(15)22-17(25)13-29-18(26)12-24-19(27)21(23-20(24)28)11-7-6-8-14(21)2/h4-5,9-10,14H,3,6-8,11-13H2,1-2H3,(H,22,25)(H,23,28)/t14-,21-/m1/s1. The Morgan fingerprint density at radius 3 is 2.76 bits per heavy atom. The predicted octanol–water partition coefficient (Wildman–Crippen LogP) is 2.23. The normalized spacial score (nSPS) is 23.8. The highest BCUT2D eigenvalue weighted by atomic mass is 16.5. The maximum absolute atomic E-state index is 12.8. The van der Waals surface area contributed by atoms with Crippen LogP contribution in [0.3, 0.4) is 0 Å². The summed E-state index contributed by atoms with van der Waals surface area (Å²) in [5.74, 6) is -1.65. The third-order valence-electron chi connectivity index (χ3n) is 5.83. The fraction of sp³-hybridized carbons (Fsp3) is 0.524. The lowest BCUT2D eigenvalue weighted by atomic mass is 9.73. The second kappa shape index (κ2) is 8.63. The number of para-hydroxylation sites is 1. The van der Waals surface area contributed by atoms with Gasteiger partial charge in [-0.1, -0.05) is 44.9 Å². The lowest BCUT2D eigenvalue weighted by Crippen LogP contribution is -2.54. The number of hydrogen-bond donors (Lipinski definition) is 2. The molecular weight excluding hydrogens is 374 g/mol. The van der Waals surface area contributed by atoms with Crippen LogP contribution in [-0.4, -0.2) is 47.4 Å². The van der Waals surface area contributed by atoms with Crippen molar-refractivity contribution in [1.82, 2.24) is 10.2 Å². The van der Waals surface area contributed by atoms with Gasteiger partial charge < -0.3 is 15.4 Å². The van der Waals surface area contributed by atoms with E-state index in [-0.39, 0.29) is 11.8 Å². The van der Waals surface area contributed by atoms with E-state index >= 15 is 0 Å². The van der Waals surface area contributed by atoms with Crippen LogP contribution in [0.25, 0.3) is 0 Å². The van der Waals surface area contributed by atoms with Crippen LogP contribution in [0.2, 0.25) is 0 Å². The molecule has 2 fully saturated rings. The van der Waals surface area contributed by atoms with Gasteiger partial charge in [-0.15, -0.1) is 0 Å². The van der Waals surface area contributed by atoms with Gasteiger partial charge in [-0.05, 0) is 36.8 Å². The molecule has 1 aromatic rings. The highest BCUT2D eigenvalue weighted by molar-refractivity contribution is 6.09. The molecule has 1 spiro atoms. The summed E-state index contributed by atoms with van der Waals surface area (Å²) in [7, 11) is 0. The lowest BCUT2D eigenvalue weighted by Gasteiger charge is -2.36. The van der Waals surface area contributed by atoms with Crippen LogP contribution < -0.4 is 10.6 Å². The van der Waals surface area contributed by atoms with E-state index in [0.717, 1.165) is 36.1 Å². The number of rotatable bonds is 6. The zero-order chi connectivity index (χ0) is 21.0. The Labute approximate surface area is 170 Å². The lowest BCUT2D eigenvalue weighted by molar-refractivity contribution is -0.150. The summed E-state index contributed by atoms with van der Waals surface area (Å²) in [5, 5.41) is 5.49. The molecule has 8 heteroatoms. The molecule has 0 unspecified atom stereocenters. The van der Waals surface area contributed by atoms with Crippen molar-refractivity contribution in [3.63, 3.8) is 0 Å². The van der Waals surface area contributed by atoms with E-state index in [2.05, 4.69) is 10.6 Å². The Morgan fingerprint density at radius 1 is 1.28 bits per heavy atom. The maximum atomic E-state index is 12.8. The topological polar surface area (TPSA) is 105 Å². The van der Waals surface area contributed by atoms with E-state index in [1.54, 1.807) is 12.1 Å². The van der Waals surface area contributed by atoms with Gasteiger partial charge in [0.1, 0.15) is 12.1 Å². The van der Waals surface area contributed by atoms with Crippen LogP contribution in [0.15, 0.2) is 24.3 Å². The maximum Gasteiger partial charge on any atom is 0.326 e. The van der Waals surface area contributed by atoms with Gasteiger partial charge in [0.05, 0.1) is 0 Å². The molecule has 1 aliphatic carbocycles. The zero-order valence-corrected chi connectivity index (χ0v) is 16.8. The molecule has 1 saturated carbocycles. The van der Waals surface area contributed by atoms with Crippen LogP contribution in [0.5, 0.6) is 0 Å². The molecule has 0 radical (unpaired) electrons. The van der Waals surface area contributed by atoms with Gasteiger partial charge in [-0.3, -0.25) is 19.3 Å². The second-order valence-corrected chi connectivity index (χ2v) is 7.66. The Bertz CT molecular complexity index is 824. The molecule has 2 aliphatic rings. The van der Waals surface area contributed by atoms with Crippen LogP contribution >= 0.6 is 0 Å². The number of esters is 1. The van der Waals surface area contributed by atoms with Crippen LogP contribution in [0.1, 0.15) is 45.1 Å². The summed E-state index contributed by atoms with van der Waals surface area (Å²) < 4.78 is 4.99. The average molecular weight is 401 g/mol. The van der Waals surface area contributed by atoms with E-state index in [1.807, 2.05) is 26.0 Å². The van der Waals surface area contributed by atoms with Crippen molar-refractivity contribution in [1.29, 1.82) is 0 Å². The molecule has 4 amide bonds. The number of imide groups is 1. The van der Waals surface area contributed by atoms with Gasteiger partial charge in [0.25, 0.3) is 11.8 Å². The van der Waals surface area contributed by atoms with Gasteiger partial charge in [0.2, 0.25) is 0 Å². The number of benzene rings is 1. The largest absolute Gasteiger partial charge is 0.454 e. The number of ether oxygens (including phenoxy) is 1. The molecular formula is C21H27N3O5. The number of urea groups is 1. The molecule has 1 saturated heterocycles. The van der Waals surface area contributed by atoms with Gasteiger partial charge in [-0.25, -0.2) is 4.79 Å². The molecule has 1 aliphatic heterocycles. The average Bonchev–Trinajstić information content (AvgIpc) is 2.94. The number of carbonyl (C=O) groups excluding carboxylic acids is 4. The number of aryl methyl sites for hydroxylation is 1. The third-order valence-corrected chi connectivity index (χ3v) is 5.83. The molecule has 1 aromatic carbocycles.